The zero-order chi connectivity index (χ0) is 9.26. The van der Waals surface area contributed by atoms with Crippen molar-refractivity contribution in [1.29, 1.82) is 0 Å². The standard InChI is InChI=1S/C13H17/c1-3-10-5-8-13(12-6-7-12)9-11(10)4-2/h5-11H,3-4H2,1-2H3. The van der Waals surface area contributed by atoms with E-state index in [0.717, 1.165) is 11.8 Å². The van der Waals surface area contributed by atoms with Gasteiger partial charge in [-0.05, 0) is 35.8 Å². The Morgan fingerprint density at radius 2 is 1.77 bits per heavy atom. The molecule has 2 unspecified atom stereocenters. The van der Waals surface area contributed by atoms with Crippen molar-refractivity contribution in [2.24, 2.45) is 11.8 Å². The lowest BCUT2D eigenvalue weighted by atomic mass is 9.82. The summed E-state index contributed by atoms with van der Waals surface area (Å²) in [5.74, 6) is 1.54. The van der Waals surface area contributed by atoms with Gasteiger partial charge in [-0.1, -0.05) is 38.2 Å². The molecule has 13 heavy (non-hydrogen) atoms. The molecule has 0 saturated carbocycles. The Kier molecular flexibility index (Phi) is 2.39. The average Bonchev–Trinajstić information content (AvgIpc) is 3.00. The van der Waals surface area contributed by atoms with Crippen molar-refractivity contribution in [3.8, 4) is 0 Å². The fourth-order valence-corrected chi connectivity index (χ4v) is 2.07. The van der Waals surface area contributed by atoms with Crippen molar-refractivity contribution in [3.05, 3.63) is 41.9 Å². The van der Waals surface area contributed by atoms with E-state index in [2.05, 4.69) is 44.6 Å². The molecule has 0 nitrogen and oxygen atoms in total. The first-order valence-corrected chi connectivity index (χ1v) is 5.30. The van der Waals surface area contributed by atoms with Crippen molar-refractivity contribution in [3.63, 3.8) is 0 Å². The van der Waals surface area contributed by atoms with Crippen LogP contribution < -0.4 is 0 Å². The lowest BCUT2D eigenvalue weighted by molar-refractivity contribution is 0.443. The SMILES string of the molecule is CCC1C=CC(C2=C[CH]2)=CC1CC. The van der Waals surface area contributed by atoms with Gasteiger partial charge in [0, 0.05) is 6.42 Å². The quantitative estimate of drug-likeness (QED) is 0.610. The summed E-state index contributed by atoms with van der Waals surface area (Å²) >= 11 is 0. The Hall–Kier alpha value is -0.780. The molecule has 2 aliphatic rings. The third kappa shape index (κ3) is 1.77. The van der Waals surface area contributed by atoms with E-state index in [9.17, 15) is 0 Å². The van der Waals surface area contributed by atoms with Crippen LogP contribution in [0.1, 0.15) is 26.7 Å². The zero-order valence-electron chi connectivity index (χ0n) is 8.46. The number of allylic oxidation sites excluding steroid dienone is 6. The van der Waals surface area contributed by atoms with E-state index in [4.69, 9.17) is 0 Å². The molecule has 0 spiro atoms. The fourth-order valence-electron chi connectivity index (χ4n) is 2.07. The normalized spacial score (nSPS) is 31.2. The van der Waals surface area contributed by atoms with Crippen LogP contribution in [0.15, 0.2) is 35.5 Å². The average molecular weight is 173 g/mol. The van der Waals surface area contributed by atoms with E-state index in [1.54, 1.807) is 0 Å². The molecule has 0 aromatic carbocycles. The van der Waals surface area contributed by atoms with Gasteiger partial charge in [0.25, 0.3) is 0 Å². The second kappa shape index (κ2) is 3.53. The third-order valence-corrected chi connectivity index (χ3v) is 3.08. The lowest BCUT2D eigenvalue weighted by Crippen LogP contribution is -2.12. The molecule has 0 N–H and O–H groups in total. The van der Waals surface area contributed by atoms with Gasteiger partial charge in [-0.25, -0.2) is 0 Å². The van der Waals surface area contributed by atoms with Crippen LogP contribution in [0.2, 0.25) is 0 Å². The molecule has 0 amide bonds. The van der Waals surface area contributed by atoms with Gasteiger partial charge in [0.2, 0.25) is 0 Å². The molecular weight excluding hydrogens is 156 g/mol. The smallest absolute Gasteiger partial charge is 0.0131 e. The molecule has 0 heteroatoms. The van der Waals surface area contributed by atoms with Gasteiger partial charge in [-0.3, -0.25) is 0 Å². The molecule has 0 heterocycles. The highest BCUT2D eigenvalue weighted by Gasteiger charge is 2.21. The van der Waals surface area contributed by atoms with Crippen LogP contribution in [0.4, 0.5) is 0 Å². The summed E-state index contributed by atoms with van der Waals surface area (Å²) < 4.78 is 0. The maximum atomic E-state index is 2.45. The second-order valence-electron chi connectivity index (χ2n) is 3.91. The molecule has 0 saturated heterocycles. The summed E-state index contributed by atoms with van der Waals surface area (Å²) in [6.45, 7) is 4.56. The van der Waals surface area contributed by atoms with E-state index in [1.165, 1.54) is 24.0 Å². The lowest BCUT2D eigenvalue weighted by Gasteiger charge is -2.23. The third-order valence-electron chi connectivity index (χ3n) is 3.08. The van der Waals surface area contributed by atoms with Crippen molar-refractivity contribution in [2.45, 2.75) is 26.7 Å². The Bertz CT molecular complexity index is 278. The first kappa shape index (κ1) is 8.80. The van der Waals surface area contributed by atoms with Crippen LogP contribution in [0, 0.1) is 18.3 Å². The molecule has 2 rings (SSSR count). The van der Waals surface area contributed by atoms with Crippen LogP contribution in [-0.2, 0) is 0 Å². The molecule has 0 aliphatic heterocycles. The molecule has 0 aromatic heterocycles. The minimum atomic E-state index is 0.764. The number of hydrogen-bond donors (Lipinski definition) is 0. The van der Waals surface area contributed by atoms with Gasteiger partial charge in [-0.15, -0.1) is 0 Å². The molecule has 2 aliphatic carbocycles. The summed E-state index contributed by atoms with van der Waals surface area (Å²) in [7, 11) is 0. The summed E-state index contributed by atoms with van der Waals surface area (Å²) in [5, 5.41) is 0. The van der Waals surface area contributed by atoms with Gasteiger partial charge in [0.05, 0.1) is 0 Å². The summed E-state index contributed by atoms with van der Waals surface area (Å²) in [6, 6.07) is 0. The predicted octanol–water partition coefficient (Wildman–Crippen LogP) is 3.68. The number of rotatable bonds is 3. The minimum Gasteiger partial charge on any atom is -0.0802 e. The number of hydrogen-bond acceptors (Lipinski definition) is 0. The van der Waals surface area contributed by atoms with Gasteiger partial charge in [-0.2, -0.15) is 0 Å². The Labute approximate surface area is 81.0 Å². The second-order valence-corrected chi connectivity index (χ2v) is 3.91. The molecule has 69 valence electrons. The largest absolute Gasteiger partial charge is 0.0802 e. The molecule has 1 radical (unpaired) electrons. The van der Waals surface area contributed by atoms with E-state index in [-0.39, 0.29) is 0 Å². The zero-order valence-corrected chi connectivity index (χ0v) is 8.46. The molecule has 0 bridgehead atoms. The summed E-state index contributed by atoms with van der Waals surface area (Å²) in [4.78, 5) is 0. The van der Waals surface area contributed by atoms with Crippen LogP contribution in [0.25, 0.3) is 0 Å². The Balaban J connectivity index is 2.12. The molecule has 0 fully saturated rings. The monoisotopic (exact) mass is 173 g/mol. The van der Waals surface area contributed by atoms with Gasteiger partial charge >= 0.3 is 0 Å². The maximum absolute atomic E-state index is 2.45. The minimum absolute atomic E-state index is 0.764. The van der Waals surface area contributed by atoms with Crippen molar-refractivity contribution in [1.82, 2.24) is 0 Å². The Morgan fingerprint density at radius 1 is 1.08 bits per heavy atom. The Morgan fingerprint density at radius 3 is 2.31 bits per heavy atom. The van der Waals surface area contributed by atoms with Crippen molar-refractivity contribution in [2.75, 3.05) is 0 Å². The van der Waals surface area contributed by atoms with E-state index in [0.29, 0.717) is 0 Å². The highest BCUT2D eigenvalue weighted by atomic mass is 14.3. The summed E-state index contributed by atoms with van der Waals surface area (Å²) in [6.07, 6.45) is 14.0. The van der Waals surface area contributed by atoms with Crippen LogP contribution in [0.3, 0.4) is 0 Å². The van der Waals surface area contributed by atoms with Crippen molar-refractivity contribution >= 4 is 0 Å². The molecule has 2 atom stereocenters. The van der Waals surface area contributed by atoms with Crippen molar-refractivity contribution < 1.29 is 0 Å². The first-order chi connectivity index (χ1) is 6.35. The van der Waals surface area contributed by atoms with E-state index < -0.39 is 0 Å². The molecule has 0 aromatic rings. The van der Waals surface area contributed by atoms with E-state index >= 15 is 0 Å². The van der Waals surface area contributed by atoms with Gasteiger partial charge < -0.3 is 0 Å². The maximum Gasteiger partial charge on any atom is 0.0131 e. The summed E-state index contributed by atoms with van der Waals surface area (Å²) in [5.41, 5.74) is 2.88. The first-order valence-electron chi connectivity index (χ1n) is 5.30. The highest BCUT2D eigenvalue weighted by Crippen LogP contribution is 2.35. The fraction of sp³-hybridized carbons (Fsp3) is 0.462. The topological polar surface area (TPSA) is 0 Å². The van der Waals surface area contributed by atoms with Crippen LogP contribution >= 0.6 is 0 Å². The molecular formula is C13H17. The van der Waals surface area contributed by atoms with E-state index in [1.807, 2.05) is 0 Å². The predicted molar refractivity (Wildman–Crippen MR) is 57.2 cm³/mol. The highest BCUT2D eigenvalue weighted by molar-refractivity contribution is 5.59. The van der Waals surface area contributed by atoms with Gasteiger partial charge in [0.1, 0.15) is 0 Å². The van der Waals surface area contributed by atoms with Crippen LogP contribution in [0.5, 0.6) is 0 Å². The van der Waals surface area contributed by atoms with Gasteiger partial charge in [0.15, 0.2) is 0 Å². The van der Waals surface area contributed by atoms with Crippen LogP contribution in [-0.4, -0.2) is 0 Å².